The first-order valence-corrected chi connectivity index (χ1v) is 8.51. The fourth-order valence-corrected chi connectivity index (χ4v) is 1.91. The summed E-state index contributed by atoms with van der Waals surface area (Å²) in [6.07, 6.45) is 1.06. The van der Waals surface area contributed by atoms with Crippen molar-refractivity contribution in [2.45, 2.75) is 39.7 Å². The van der Waals surface area contributed by atoms with Gasteiger partial charge in [0.2, 0.25) is 0 Å². The Balaban J connectivity index is 0.00000576. The number of aliphatic imine (C=N–C) groups is 1. The van der Waals surface area contributed by atoms with Gasteiger partial charge in [-0.3, -0.25) is 9.79 Å². The number of nitrogens with zero attached hydrogens (tertiary/aromatic N) is 1. The predicted molar refractivity (Wildman–Crippen MR) is 112 cm³/mol. The Morgan fingerprint density at radius 3 is 2.56 bits per heavy atom. The summed E-state index contributed by atoms with van der Waals surface area (Å²) >= 11 is 0. The number of rotatable bonds is 10. The van der Waals surface area contributed by atoms with Crippen LogP contribution in [0.5, 0.6) is 5.75 Å². The number of hydrogen-bond donors (Lipinski definition) is 2. The van der Waals surface area contributed by atoms with Crippen LogP contribution in [0.15, 0.2) is 35.3 Å². The normalized spacial score (nSPS) is 10.8. The fourth-order valence-electron chi connectivity index (χ4n) is 1.91. The number of halogens is 1. The molecule has 1 aromatic rings. The molecule has 2 N–H and O–H groups in total. The average molecular weight is 463 g/mol. The Morgan fingerprint density at radius 1 is 1.20 bits per heavy atom. The van der Waals surface area contributed by atoms with Crippen molar-refractivity contribution in [2.24, 2.45) is 4.99 Å². The lowest BCUT2D eigenvalue weighted by atomic mass is 10.3. The van der Waals surface area contributed by atoms with Crippen molar-refractivity contribution in [3.8, 4) is 5.75 Å². The first-order valence-electron chi connectivity index (χ1n) is 8.51. The average Bonchev–Trinajstić information content (AvgIpc) is 2.54. The third-order valence-electron chi connectivity index (χ3n) is 2.92. The lowest BCUT2D eigenvalue weighted by Gasteiger charge is -2.12. The van der Waals surface area contributed by atoms with E-state index in [1.807, 2.05) is 51.1 Å². The van der Waals surface area contributed by atoms with Crippen LogP contribution in [-0.2, 0) is 9.53 Å². The molecule has 0 heterocycles. The molecular weight excluding hydrogens is 433 g/mol. The second kappa shape index (κ2) is 14.8. The Hall–Kier alpha value is -1.51. The van der Waals surface area contributed by atoms with Crippen LogP contribution < -0.4 is 15.4 Å². The monoisotopic (exact) mass is 463 g/mol. The van der Waals surface area contributed by atoms with E-state index >= 15 is 0 Å². The van der Waals surface area contributed by atoms with Gasteiger partial charge < -0.3 is 20.1 Å². The maximum absolute atomic E-state index is 11.5. The second-order valence-corrected chi connectivity index (χ2v) is 5.49. The fraction of sp³-hybridized carbons (Fsp3) is 0.556. The summed E-state index contributed by atoms with van der Waals surface area (Å²) in [6.45, 7) is 8.22. The number of ether oxygens (including phenoxy) is 2. The van der Waals surface area contributed by atoms with Crippen molar-refractivity contribution in [3.05, 3.63) is 30.3 Å². The number of esters is 1. The van der Waals surface area contributed by atoms with Crippen LogP contribution in [0.3, 0.4) is 0 Å². The highest BCUT2D eigenvalue weighted by Gasteiger charge is 2.05. The largest absolute Gasteiger partial charge is 0.494 e. The van der Waals surface area contributed by atoms with Crippen molar-refractivity contribution < 1.29 is 14.3 Å². The third-order valence-corrected chi connectivity index (χ3v) is 2.92. The van der Waals surface area contributed by atoms with Crippen molar-refractivity contribution in [1.82, 2.24) is 10.6 Å². The minimum Gasteiger partial charge on any atom is -0.494 e. The number of nitrogens with one attached hydrogen (secondary N) is 2. The van der Waals surface area contributed by atoms with Gasteiger partial charge in [-0.05, 0) is 32.9 Å². The summed E-state index contributed by atoms with van der Waals surface area (Å²) in [6, 6.07) is 9.73. The van der Waals surface area contributed by atoms with Crippen LogP contribution in [0, 0.1) is 0 Å². The Labute approximate surface area is 167 Å². The molecule has 0 aliphatic rings. The van der Waals surface area contributed by atoms with Crippen molar-refractivity contribution >= 4 is 35.9 Å². The van der Waals surface area contributed by atoms with E-state index in [1.165, 1.54) is 0 Å². The first-order chi connectivity index (χ1) is 11.6. The van der Waals surface area contributed by atoms with E-state index in [-0.39, 0.29) is 36.0 Å². The summed E-state index contributed by atoms with van der Waals surface area (Å²) in [5.74, 6) is 1.37. The van der Waals surface area contributed by atoms with Gasteiger partial charge in [0.15, 0.2) is 5.96 Å². The van der Waals surface area contributed by atoms with Gasteiger partial charge in [0.05, 0.1) is 19.1 Å². The molecule has 0 amide bonds. The third kappa shape index (κ3) is 12.5. The highest BCUT2D eigenvalue weighted by Crippen LogP contribution is 2.08. The van der Waals surface area contributed by atoms with Gasteiger partial charge >= 0.3 is 5.97 Å². The zero-order chi connectivity index (χ0) is 17.6. The standard InChI is InChI=1S/C18H29N3O3.HI/c1-4-19-18(21-13-11-17(22)24-15(2)3)20-12-8-14-23-16-9-6-5-7-10-16;/h5-7,9-10,15H,4,8,11-14H2,1-3H3,(H2,19,20,21);1H. The maximum atomic E-state index is 11.5. The van der Waals surface area contributed by atoms with Crippen LogP contribution in [0.2, 0.25) is 0 Å². The summed E-state index contributed by atoms with van der Waals surface area (Å²) in [5, 5.41) is 6.28. The number of carbonyl (C=O) groups is 1. The number of benzene rings is 1. The van der Waals surface area contributed by atoms with Crippen molar-refractivity contribution in [1.29, 1.82) is 0 Å². The van der Waals surface area contributed by atoms with Gasteiger partial charge in [0.1, 0.15) is 5.75 Å². The van der Waals surface area contributed by atoms with E-state index in [1.54, 1.807) is 0 Å². The molecule has 0 aliphatic carbocycles. The number of hydrogen-bond acceptors (Lipinski definition) is 4. The number of carbonyl (C=O) groups excluding carboxylic acids is 1. The molecule has 25 heavy (non-hydrogen) atoms. The van der Waals surface area contributed by atoms with Gasteiger partial charge in [-0.2, -0.15) is 0 Å². The minimum absolute atomic E-state index is 0. The number of para-hydroxylation sites is 1. The van der Waals surface area contributed by atoms with Gasteiger partial charge in [-0.15, -0.1) is 24.0 Å². The molecule has 0 saturated heterocycles. The van der Waals surface area contributed by atoms with E-state index in [9.17, 15) is 4.79 Å². The first kappa shape index (κ1) is 23.5. The molecule has 1 aromatic carbocycles. The van der Waals surface area contributed by atoms with Gasteiger partial charge in [0.25, 0.3) is 0 Å². The molecule has 0 radical (unpaired) electrons. The van der Waals surface area contributed by atoms with Crippen LogP contribution in [0.25, 0.3) is 0 Å². The Kier molecular flexibility index (Phi) is 13.9. The molecule has 0 unspecified atom stereocenters. The van der Waals surface area contributed by atoms with Gasteiger partial charge in [-0.25, -0.2) is 0 Å². The molecule has 6 nitrogen and oxygen atoms in total. The lowest BCUT2D eigenvalue weighted by molar-refractivity contribution is -0.147. The SMILES string of the molecule is CCNC(=NCCCOc1ccccc1)NCCC(=O)OC(C)C.I. The zero-order valence-corrected chi connectivity index (χ0v) is 17.6. The smallest absolute Gasteiger partial charge is 0.307 e. The van der Waals surface area contributed by atoms with Crippen molar-refractivity contribution in [3.63, 3.8) is 0 Å². The zero-order valence-electron chi connectivity index (χ0n) is 15.3. The molecule has 0 aromatic heterocycles. The Bertz CT molecular complexity index is 496. The van der Waals surface area contributed by atoms with E-state index in [0.717, 1.165) is 18.7 Å². The summed E-state index contributed by atoms with van der Waals surface area (Å²) < 4.78 is 10.7. The molecule has 0 saturated carbocycles. The highest BCUT2D eigenvalue weighted by atomic mass is 127. The molecule has 0 spiro atoms. The van der Waals surface area contributed by atoms with E-state index in [2.05, 4.69) is 15.6 Å². The number of guanidine groups is 1. The van der Waals surface area contributed by atoms with Crippen molar-refractivity contribution in [2.75, 3.05) is 26.2 Å². The topological polar surface area (TPSA) is 72.0 Å². The van der Waals surface area contributed by atoms with Crippen LogP contribution >= 0.6 is 24.0 Å². The molecule has 0 aliphatic heterocycles. The van der Waals surface area contributed by atoms with Gasteiger partial charge in [-0.1, -0.05) is 18.2 Å². The molecule has 0 bridgehead atoms. The summed E-state index contributed by atoms with van der Waals surface area (Å²) in [5.41, 5.74) is 0. The van der Waals surface area contributed by atoms with Crippen LogP contribution in [0.4, 0.5) is 0 Å². The van der Waals surface area contributed by atoms with Gasteiger partial charge in [0, 0.05) is 26.1 Å². The van der Waals surface area contributed by atoms with E-state index in [0.29, 0.717) is 32.1 Å². The lowest BCUT2D eigenvalue weighted by Crippen LogP contribution is -2.38. The second-order valence-electron chi connectivity index (χ2n) is 5.49. The summed E-state index contributed by atoms with van der Waals surface area (Å²) in [4.78, 5) is 16.0. The summed E-state index contributed by atoms with van der Waals surface area (Å²) in [7, 11) is 0. The van der Waals surface area contributed by atoms with Crippen LogP contribution in [-0.4, -0.2) is 44.3 Å². The van der Waals surface area contributed by atoms with Crippen LogP contribution in [0.1, 0.15) is 33.6 Å². The molecule has 0 atom stereocenters. The minimum atomic E-state index is -0.204. The molecule has 1 rings (SSSR count). The highest BCUT2D eigenvalue weighted by molar-refractivity contribution is 14.0. The molecular formula is C18H30IN3O3. The van der Waals surface area contributed by atoms with E-state index in [4.69, 9.17) is 9.47 Å². The van der Waals surface area contributed by atoms with E-state index < -0.39 is 0 Å². The molecule has 0 fully saturated rings. The maximum Gasteiger partial charge on any atom is 0.307 e. The predicted octanol–water partition coefficient (Wildman–Crippen LogP) is 2.97. The quantitative estimate of drug-likeness (QED) is 0.184. The molecule has 7 heteroatoms. The molecule has 142 valence electrons. The Morgan fingerprint density at radius 2 is 1.92 bits per heavy atom.